The van der Waals surface area contributed by atoms with Crippen molar-refractivity contribution in [2.45, 2.75) is 19.4 Å². The fourth-order valence-corrected chi connectivity index (χ4v) is 2.69. The number of hydrogen-bond acceptors (Lipinski definition) is 6. The van der Waals surface area contributed by atoms with E-state index in [4.69, 9.17) is 4.74 Å². The molecule has 4 rings (SSSR count). The van der Waals surface area contributed by atoms with E-state index in [1.165, 1.54) is 0 Å². The highest BCUT2D eigenvalue weighted by Gasteiger charge is 2.27. The summed E-state index contributed by atoms with van der Waals surface area (Å²) in [6.07, 6.45) is 9.94. The lowest BCUT2D eigenvalue weighted by atomic mass is 10.3. The van der Waals surface area contributed by atoms with Crippen molar-refractivity contribution < 1.29 is 4.74 Å². The summed E-state index contributed by atoms with van der Waals surface area (Å²) in [5.74, 6) is 0.941. The van der Waals surface area contributed by atoms with Crippen molar-refractivity contribution in [3.8, 4) is 6.01 Å². The molecule has 0 N–H and O–H groups in total. The Morgan fingerprint density at radius 2 is 2.05 bits per heavy atom. The van der Waals surface area contributed by atoms with Crippen molar-refractivity contribution in [3.05, 3.63) is 42.6 Å². The normalized spacial score (nSPS) is 18.0. The van der Waals surface area contributed by atoms with Gasteiger partial charge < -0.3 is 9.64 Å². The summed E-state index contributed by atoms with van der Waals surface area (Å²) in [4.78, 5) is 15.1. The van der Waals surface area contributed by atoms with Crippen LogP contribution in [0.4, 0.5) is 5.82 Å². The van der Waals surface area contributed by atoms with Crippen LogP contribution in [0.25, 0.3) is 5.52 Å². The van der Waals surface area contributed by atoms with Gasteiger partial charge in [0.15, 0.2) is 5.82 Å². The van der Waals surface area contributed by atoms with Crippen LogP contribution in [-0.2, 0) is 0 Å². The van der Waals surface area contributed by atoms with Gasteiger partial charge in [0.25, 0.3) is 0 Å². The Hall–Kier alpha value is -2.70. The highest BCUT2D eigenvalue weighted by atomic mass is 16.5. The molecule has 0 bridgehead atoms. The minimum absolute atomic E-state index is 0.0766. The van der Waals surface area contributed by atoms with Crippen LogP contribution in [0.15, 0.2) is 37.1 Å². The Bertz CT molecular complexity index is 784. The van der Waals surface area contributed by atoms with E-state index >= 15 is 0 Å². The quantitative estimate of drug-likeness (QED) is 0.729. The van der Waals surface area contributed by atoms with Crippen LogP contribution < -0.4 is 9.64 Å². The maximum Gasteiger partial charge on any atom is 0.316 e. The molecular weight excluding hydrogens is 280 g/mol. The molecule has 1 fully saturated rings. The zero-order valence-electron chi connectivity index (χ0n) is 12.3. The number of anilines is 1. The summed E-state index contributed by atoms with van der Waals surface area (Å²) in [5, 5.41) is 4.24. The molecule has 7 nitrogen and oxygen atoms in total. The van der Waals surface area contributed by atoms with Gasteiger partial charge in [-0.3, -0.25) is 0 Å². The molecule has 0 radical (unpaired) electrons. The molecule has 0 aromatic carbocycles. The summed E-state index contributed by atoms with van der Waals surface area (Å²) in [5.41, 5.74) is 2.03. The third-order valence-electron chi connectivity index (χ3n) is 3.78. The Labute approximate surface area is 127 Å². The van der Waals surface area contributed by atoms with Crippen LogP contribution in [0.5, 0.6) is 6.01 Å². The summed E-state index contributed by atoms with van der Waals surface area (Å²) in [6.45, 7) is 3.63. The minimum Gasteiger partial charge on any atom is -0.458 e. The van der Waals surface area contributed by atoms with Gasteiger partial charge in [0, 0.05) is 37.8 Å². The number of nitrogens with zero attached hydrogens (tertiary/aromatic N) is 6. The van der Waals surface area contributed by atoms with E-state index in [-0.39, 0.29) is 6.10 Å². The molecule has 7 heteroatoms. The van der Waals surface area contributed by atoms with Gasteiger partial charge in [-0.2, -0.15) is 5.10 Å². The molecule has 4 heterocycles. The molecule has 0 aliphatic carbocycles. The number of ether oxygens (including phenoxy) is 1. The van der Waals surface area contributed by atoms with Crippen LogP contribution in [0.3, 0.4) is 0 Å². The van der Waals surface area contributed by atoms with Crippen LogP contribution in [0.2, 0.25) is 0 Å². The van der Waals surface area contributed by atoms with Gasteiger partial charge >= 0.3 is 6.01 Å². The van der Waals surface area contributed by atoms with Gasteiger partial charge in [-0.25, -0.2) is 19.5 Å². The third kappa shape index (κ3) is 2.34. The predicted octanol–water partition coefficient (Wildman–Crippen LogP) is 1.49. The molecule has 1 unspecified atom stereocenters. The first-order valence-corrected chi connectivity index (χ1v) is 7.28. The molecule has 0 saturated carbocycles. The van der Waals surface area contributed by atoms with E-state index < -0.39 is 0 Å². The van der Waals surface area contributed by atoms with E-state index in [2.05, 4.69) is 25.0 Å². The average Bonchev–Trinajstić information content (AvgIpc) is 3.18. The molecule has 22 heavy (non-hydrogen) atoms. The zero-order chi connectivity index (χ0) is 14.9. The minimum atomic E-state index is 0.0766. The first-order valence-electron chi connectivity index (χ1n) is 7.28. The van der Waals surface area contributed by atoms with Gasteiger partial charge in [-0.15, -0.1) is 0 Å². The number of rotatable bonds is 3. The van der Waals surface area contributed by atoms with E-state index in [0.29, 0.717) is 6.01 Å². The Kier molecular flexibility index (Phi) is 3.10. The maximum absolute atomic E-state index is 5.86. The van der Waals surface area contributed by atoms with E-state index in [1.54, 1.807) is 24.8 Å². The molecule has 1 saturated heterocycles. The number of aromatic nitrogens is 5. The van der Waals surface area contributed by atoms with Crippen LogP contribution in [-0.4, -0.2) is 43.8 Å². The van der Waals surface area contributed by atoms with Crippen molar-refractivity contribution in [2.75, 3.05) is 18.0 Å². The Morgan fingerprint density at radius 3 is 2.91 bits per heavy atom. The lowest BCUT2D eigenvalue weighted by Crippen LogP contribution is -2.26. The largest absolute Gasteiger partial charge is 0.458 e. The van der Waals surface area contributed by atoms with Crippen LogP contribution in [0.1, 0.15) is 12.0 Å². The van der Waals surface area contributed by atoms with Crippen LogP contribution >= 0.6 is 0 Å². The van der Waals surface area contributed by atoms with E-state index in [1.807, 2.05) is 23.7 Å². The fraction of sp³-hybridized carbons (Fsp3) is 0.333. The second-order valence-corrected chi connectivity index (χ2v) is 5.43. The Balaban J connectivity index is 1.50. The third-order valence-corrected chi connectivity index (χ3v) is 3.78. The van der Waals surface area contributed by atoms with Crippen molar-refractivity contribution in [1.29, 1.82) is 0 Å². The Morgan fingerprint density at radius 1 is 1.18 bits per heavy atom. The molecule has 1 atom stereocenters. The van der Waals surface area contributed by atoms with Gasteiger partial charge in [0.2, 0.25) is 0 Å². The summed E-state index contributed by atoms with van der Waals surface area (Å²) in [7, 11) is 0. The molecule has 1 aliphatic heterocycles. The number of fused-ring (bicyclic) bond motifs is 1. The summed E-state index contributed by atoms with van der Waals surface area (Å²) >= 11 is 0. The van der Waals surface area contributed by atoms with Crippen molar-refractivity contribution in [1.82, 2.24) is 24.6 Å². The lowest BCUT2D eigenvalue weighted by molar-refractivity contribution is 0.206. The van der Waals surface area contributed by atoms with E-state index in [9.17, 15) is 0 Å². The van der Waals surface area contributed by atoms with Gasteiger partial charge in [0.1, 0.15) is 11.6 Å². The number of aryl methyl sites for hydroxylation is 1. The highest BCUT2D eigenvalue weighted by Crippen LogP contribution is 2.24. The molecule has 3 aromatic heterocycles. The average molecular weight is 296 g/mol. The highest BCUT2D eigenvalue weighted by molar-refractivity contribution is 5.68. The van der Waals surface area contributed by atoms with Crippen molar-refractivity contribution in [2.24, 2.45) is 0 Å². The molecule has 0 spiro atoms. The molecule has 112 valence electrons. The second kappa shape index (κ2) is 5.25. The SMILES string of the molecule is Cc1cnc(OC2CCN(c3nccn4nccc34)C2)nc1. The van der Waals surface area contributed by atoms with Gasteiger partial charge in [-0.1, -0.05) is 0 Å². The van der Waals surface area contributed by atoms with Gasteiger partial charge in [-0.05, 0) is 18.6 Å². The summed E-state index contributed by atoms with van der Waals surface area (Å²) < 4.78 is 7.69. The zero-order valence-corrected chi connectivity index (χ0v) is 12.3. The smallest absolute Gasteiger partial charge is 0.316 e. The van der Waals surface area contributed by atoms with Crippen molar-refractivity contribution in [3.63, 3.8) is 0 Å². The standard InChI is InChI=1S/C15H16N6O/c1-11-8-17-15(18-9-11)22-12-3-6-20(10-12)14-13-2-4-19-21(13)7-5-16-14/h2,4-5,7-9,12H,3,6,10H2,1H3. The van der Waals surface area contributed by atoms with Crippen LogP contribution in [0, 0.1) is 6.92 Å². The number of hydrogen-bond donors (Lipinski definition) is 0. The lowest BCUT2D eigenvalue weighted by Gasteiger charge is -2.18. The fourth-order valence-electron chi connectivity index (χ4n) is 2.69. The molecule has 3 aromatic rings. The first-order chi connectivity index (χ1) is 10.8. The molecular formula is C15H16N6O. The monoisotopic (exact) mass is 296 g/mol. The topological polar surface area (TPSA) is 68.4 Å². The second-order valence-electron chi connectivity index (χ2n) is 5.43. The van der Waals surface area contributed by atoms with Gasteiger partial charge in [0.05, 0.1) is 12.7 Å². The van der Waals surface area contributed by atoms with E-state index in [0.717, 1.165) is 36.4 Å². The van der Waals surface area contributed by atoms with Crippen molar-refractivity contribution >= 4 is 11.3 Å². The molecule has 0 amide bonds. The molecule has 1 aliphatic rings. The maximum atomic E-state index is 5.86. The first kappa shape index (κ1) is 13.0. The predicted molar refractivity (Wildman–Crippen MR) is 81.0 cm³/mol. The summed E-state index contributed by atoms with van der Waals surface area (Å²) in [6, 6.07) is 2.41.